The number of rotatable bonds is 6. The average molecular weight is 262 g/mol. The lowest BCUT2D eigenvalue weighted by Gasteiger charge is -2.29. The maximum absolute atomic E-state index is 5.66. The molecule has 0 amide bonds. The molecular formula is C16H26N2O. The quantitative estimate of drug-likeness (QED) is 0.853. The molecule has 19 heavy (non-hydrogen) atoms. The highest BCUT2D eigenvalue weighted by atomic mass is 16.3. The van der Waals surface area contributed by atoms with Crippen LogP contribution in [-0.4, -0.2) is 30.6 Å². The fourth-order valence-corrected chi connectivity index (χ4v) is 3.11. The third-order valence-corrected chi connectivity index (χ3v) is 5.15. The second-order valence-electron chi connectivity index (χ2n) is 6.56. The summed E-state index contributed by atoms with van der Waals surface area (Å²) >= 11 is 0. The van der Waals surface area contributed by atoms with Crippen molar-refractivity contribution in [3.05, 3.63) is 24.2 Å². The van der Waals surface area contributed by atoms with Crippen molar-refractivity contribution in [2.24, 2.45) is 5.41 Å². The highest BCUT2D eigenvalue weighted by Crippen LogP contribution is 2.48. The molecule has 1 saturated carbocycles. The molecule has 2 atom stereocenters. The summed E-state index contributed by atoms with van der Waals surface area (Å²) in [6.07, 6.45) is 7.19. The van der Waals surface area contributed by atoms with Gasteiger partial charge < -0.3 is 9.73 Å². The topological polar surface area (TPSA) is 28.4 Å². The van der Waals surface area contributed by atoms with Crippen molar-refractivity contribution in [1.82, 2.24) is 10.2 Å². The first-order valence-corrected chi connectivity index (χ1v) is 7.70. The molecule has 3 heteroatoms. The van der Waals surface area contributed by atoms with E-state index in [1.807, 2.05) is 6.07 Å². The van der Waals surface area contributed by atoms with E-state index in [0.717, 1.165) is 12.3 Å². The summed E-state index contributed by atoms with van der Waals surface area (Å²) in [4.78, 5) is 2.56. The predicted octanol–water partition coefficient (Wildman–Crippen LogP) is 3.19. The van der Waals surface area contributed by atoms with Crippen molar-refractivity contribution >= 4 is 0 Å². The molecule has 2 aliphatic rings. The van der Waals surface area contributed by atoms with Gasteiger partial charge in [0, 0.05) is 12.6 Å². The van der Waals surface area contributed by atoms with Crippen molar-refractivity contribution < 1.29 is 4.42 Å². The highest BCUT2D eigenvalue weighted by molar-refractivity contribution is 5.07. The summed E-state index contributed by atoms with van der Waals surface area (Å²) in [5.41, 5.74) is 0.540. The minimum absolute atomic E-state index is 0.405. The number of nitrogens with one attached hydrogen (secondary N) is 1. The monoisotopic (exact) mass is 262 g/mol. The zero-order chi connectivity index (χ0) is 13.3. The molecule has 2 unspecified atom stereocenters. The van der Waals surface area contributed by atoms with Gasteiger partial charge in [-0.15, -0.1) is 0 Å². The van der Waals surface area contributed by atoms with Crippen molar-refractivity contribution in [2.45, 2.75) is 51.6 Å². The Balaban J connectivity index is 1.62. The molecule has 1 N–H and O–H groups in total. The molecule has 0 spiro atoms. The molecule has 3 nitrogen and oxygen atoms in total. The van der Waals surface area contributed by atoms with Crippen LogP contribution in [0.2, 0.25) is 0 Å². The van der Waals surface area contributed by atoms with Crippen LogP contribution in [0.3, 0.4) is 0 Å². The van der Waals surface area contributed by atoms with Gasteiger partial charge in [-0.3, -0.25) is 4.90 Å². The number of furan rings is 1. The van der Waals surface area contributed by atoms with Crippen LogP contribution < -0.4 is 5.32 Å². The molecule has 0 aromatic carbocycles. The van der Waals surface area contributed by atoms with Crippen molar-refractivity contribution in [2.75, 3.05) is 19.6 Å². The van der Waals surface area contributed by atoms with E-state index in [-0.39, 0.29) is 0 Å². The van der Waals surface area contributed by atoms with Gasteiger partial charge in [0.05, 0.1) is 12.3 Å². The van der Waals surface area contributed by atoms with Gasteiger partial charge in [-0.05, 0) is 63.2 Å². The Morgan fingerprint density at radius 3 is 2.68 bits per heavy atom. The van der Waals surface area contributed by atoms with E-state index >= 15 is 0 Å². The zero-order valence-electron chi connectivity index (χ0n) is 12.2. The van der Waals surface area contributed by atoms with Crippen LogP contribution >= 0.6 is 0 Å². The Bertz CT molecular complexity index is 391. The average Bonchev–Trinajstić information content (AvgIpc) is 2.91. The van der Waals surface area contributed by atoms with E-state index < -0.39 is 0 Å². The first-order valence-electron chi connectivity index (χ1n) is 7.70. The summed E-state index contributed by atoms with van der Waals surface area (Å²) < 4.78 is 5.66. The second kappa shape index (κ2) is 5.29. The summed E-state index contributed by atoms with van der Waals surface area (Å²) in [5.74, 6) is 1.11. The van der Waals surface area contributed by atoms with Gasteiger partial charge in [-0.1, -0.05) is 6.92 Å². The summed E-state index contributed by atoms with van der Waals surface area (Å²) in [6.45, 7) is 8.14. The Kier molecular flexibility index (Phi) is 3.68. The maximum atomic E-state index is 5.66. The lowest BCUT2D eigenvalue weighted by atomic mass is 10.0. The molecular weight excluding hydrogens is 236 g/mol. The van der Waals surface area contributed by atoms with Gasteiger partial charge in [0.1, 0.15) is 5.76 Å². The van der Waals surface area contributed by atoms with Crippen molar-refractivity contribution in [3.63, 3.8) is 0 Å². The van der Waals surface area contributed by atoms with Gasteiger partial charge in [0.25, 0.3) is 0 Å². The van der Waals surface area contributed by atoms with Crippen LogP contribution in [0.4, 0.5) is 0 Å². The molecule has 1 aromatic rings. The molecule has 1 saturated heterocycles. The predicted molar refractivity (Wildman–Crippen MR) is 77.1 cm³/mol. The summed E-state index contributed by atoms with van der Waals surface area (Å²) in [5, 5.41) is 3.75. The van der Waals surface area contributed by atoms with E-state index in [1.165, 1.54) is 38.8 Å². The SMILES string of the molecule is CC(NCC(c1ccco1)N1CCCC1)C1(C)CC1. The lowest BCUT2D eigenvalue weighted by Crippen LogP contribution is -2.40. The molecule has 2 fully saturated rings. The molecule has 3 rings (SSSR count). The molecule has 1 aliphatic carbocycles. The van der Waals surface area contributed by atoms with Crippen LogP contribution in [0.25, 0.3) is 0 Å². The minimum atomic E-state index is 0.405. The lowest BCUT2D eigenvalue weighted by molar-refractivity contribution is 0.198. The fraction of sp³-hybridized carbons (Fsp3) is 0.750. The molecule has 106 valence electrons. The fourth-order valence-electron chi connectivity index (χ4n) is 3.11. The smallest absolute Gasteiger partial charge is 0.122 e. The van der Waals surface area contributed by atoms with Gasteiger partial charge in [-0.2, -0.15) is 0 Å². The van der Waals surface area contributed by atoms with Crippen molar-refractivity contribution in [1.29, 1.82) is 0 Å². The normalized spacial score (nSPS) is 25.4. The summed E-state index contributed by atoms with van der Waals surface area (Å²) in [7, 11) is 0. The first kappa shape index (κ1) is 13.2. The van der Waals surface area contributed by atoms with E-state index in [2.05, 4.69) is 30.1 Å². The van der Waals surface area contributed by atoms with Gasteiger partial charge in [0.15, 0.2) is 0 Å². The molecule has 0 radical (unpaired) electrons. The van der Waals surface area contributed by atoms with Crippen molar-refractivity contribution in [3.8, 4) is 0 Å². The van der Waals surface area contributed by atoms with Crippen LogP contribution in [0.15, 0.2) is 22.8 Å². The largest absolute Gasteiger partial charge is 0.468 e. The maximum Gasteiger partial charge on any atom is 0.122 e. The van der Waals surface area contributed by atoms with Crippen LogP contribution in [0.1, 0.15) is 51.3 Å². The third kappa shape index (κ3) is 2.87. The number of nitrogens with zero attached hydrogens (tertiary/aromatic N) is 1. The van der Waals surface area contributed by atoms with E-state index in [1.54, 1.807) is 6.26 Å². The molecule has 0 bridgehead atoms. The van der Waals surface area contributed by atoms with Gasteiger partial charge in [0.2, 0.25) is 0 Å². The zero-order valence-corrected chi connectivity index (χ0v) is 12.2. The van der Waals surface area contributed by atoms with E-state index in [4.69, 9.17) is 4.42 Å². The number of hydrogen-bond donors (Lipinski definition) is 1. The second-order valence-corrected chi connectivity index (χ2v) is 6.56. The van der Waals surface area contributed by atoms with Crippen LogP contribution in [-0.2, 0) is 0 Å². The van der Waals surface area contributed by atoms with E-state index in [9.17, 15) is 0 Å². The van der Waals surface area contributed by atoms with Gasteiger partial charge in [-0.25, -0.2) is 0 Å². The van der Waals surface area contributed by atoms with Gasteiger partial charge >= 0.3 is 0 Å². The first-order chi connectivity index (χ1) is 9.19. The molecule has 1 aromatic heterocycles. The highest BCUT2D eigenvalue weighted by Gasteiger charge is 2.42. The van der Waals surface area contributed by atoms with E-state index in [0.29, 0.717) is 17.5 Å². The minimum Gasteiger partial charge on any atom is -0.468 e. The van der Waals surface area contributed by atoms with Crippen LogP contribution in [0.5, 0.6) is 0 Å². The Labute approximate surface area is 116 Å². The Morgan fingerprint density at radius 1 is 1.37 bits per heavy atom. The Hall–Kier alpha value is -0.800. The molecule has 2 heterocycles. The number of likely N-dealkylation sites (tertiary alicyclic amines) is 1. The summed E-state index contributed by atoms with van der Waals surface area (Å²) in [6, 6.07) is 5.13. The number of hydrogen-bond acceptors (Lipinski definition) is 3. The molecule has 1 aliphatic heterocycles. The standard InChI is InChI=1S/C16H26N2O/c1-13(16(2)7-8-16)17-12-14(15-6-5-11-19-15)18-9-3-4-10-18/h5-6,11,13-14,17H,3-4,7-10,12H2,1-2H3. The van der Waals surface area contributed by atoms with Crippen LogP contribution in [0, 0.1) is 5.41 Å². The third-order valence-electron chi connectivity index (χ3n) is 5.15. The Morgan fingerprint density at radius 2 is 2.11 bits per heavy atom.